The highest BCUT2D eigenvalue weighted by atomic mass is 16.6. The summed E-state index contributed by atoms with van der Waals surface area (Å²) >= 11 is 0. The Hall–Kier alpha value is -1.32. The zero-order valence-corrected chi connectivity index (χ0v) is 8.33. The van der Waals surface area contributed by atoms with Crippen LogP contribution < -0.4 is 5.48 Å². The van der Waals surface area contributed by atoms with E-state index >= 15 is 0 Å². The van der Waals surface area contributed by atoms with Crippen LogP contribution in [0.5, 0.6) is 0 Å². The Kier molecular flexibility index (Phi) is 2.52. The number of hydroxylamine groups is 1. The molecule has 0 aliphatic carbocycles. The van der Waals surface area contributed by atoms with Gasteiger partial charge in [-0.2, -0.15) is 5.48 Å². The Labute approximate surface area is 82.6 Å². The zero-order chi connectivity index (χ0) is 9.97. The van der Waals surface area contributed by atoms with E-state index in [0.717, 1.165) is 16.7 Å². The predicted molar refractivity (Wildman–Crippen MR) is 54.8 cm³/mol. The zero-order valence-electron chi connectivity index (χ0n) is 8.33. The van der Waals surface area contributed by atoms with Gasteiger partial charge in [0.25, 0.3) is 0 Å². The van der Waals surface area contributed by atoms with Crippen molar-refractivity contribution in [1.29, 1.82) is 0 Å². The summed E-state index contributed by atoms with van der Waals surface area (Å²) in [5, 5.41) is 1.14. The molecule has 1 N–H and O–H groups in total. The maximum Gasteiger partial charge on any atom is 0.134 e. The first kappa shape index (κ1) is 9.24. The molecule has 2 aromatic rings. The second kappa shape index (κ2) is 3.82. The van der Waals surface area contributed by atoms with Gasteiger partial charge >= 0.3 is 0 Å². The van der Waals surface area contributed by atoms with Crippen molar-refractivity contribution in [3.63, 3.8) is 0 Å². The van der Waals surface area contributed by atoms with E-state index in [-0.39, 0.29) is 0 Å². The second-order valence-electron chi connectivity index (χ2n) is 3.28. The Morgan fingerprint density at radius 2 is 2.21 bits per heavy atom. The van der Waals surface area contributed by atoms with E-state index in [1.165, 1.54) is 5.56 Å². The van der Waals surface area contributed by atoms with Crippen molar-refractivity contribution < 1.29 is 9.25 Å². The molecule has 0 atom stereocenters. The van der Waals surface area contributed by atoms with Crippen LogP contribution in [0.1, 0.15) is 11.3 Å². The maximum atomic E-state index is 5.58. The van der Waals surface area contributed by atoms with E-state index in [9.17, 15) is 0 Å². The molecule has 0 amide bonds. The average Bonchev–Trinajstić information content (AvgIpc) is 2.56. The van der Waals surface area contributed by atoms with Crippen LogP contribution in [0, 0.1) is 6.92 Å². The summed E-state index contributed by atoms with van der Waals surface area (Å²) in [7, 11) is 1.59. The van der Waals surface area contributed by atoms with Gasteiger partial charge in [0.1, 0.15) is 11.3 Å². The van der Waals surface area contributed by atoms with E-state index in [0.29, 0.717) is 6.54 Å². The maximum absolute atomic E-state index is 5.58. The first-order chi connectivity index (χ1) is 6.79. The Morgan fingerprint density at radius 1 is 1.36 bits per heavy atom. The van der Waals surface area contributed by atoms with Gasteiger partial charge in [-0.1, -0.05) is 11.6 Å². The average molecular weight is 191 g/mol. The van der Waals surface area contributed by atoms with Crippen LogP contribution >= 0.6 is 0 Å². The van der Waals surface area contributed by atoms with Gasteiger partial charge < -0.3 is 9.25 Å². The molecule has 0 spiro atoms. The van der Waals surface area contributed by atoms with E-state index in [4.69, 9.17) is 9.25 Å². The fraction of sp³-hybridized carbons (Fsp3) is 0.273. The van der Waals surface area contributed by atoms with Crippen molar-refractivity contribution in [3.05, 3.63) is 35.6 Å². The molecule has 0 saturated carbocycles. The summed E-state index contributed by atoms with van der Waals surface area (Å²) < 4.78 is 5.58. The predicted octanol–water partition coefficient (Wildman–Crippen LogP) is 2.39. The standard InChI is InChI=1S/C11H13NO2/c1-8-3-4-11-9(5-8)6-10(14-11)7-12-13-2/h3-6,12H,7H2,1-2H3. The Morgan fingerprint density at radius 3 is 3.00 bits per heavy atom. The van der Waals surface area contributed by atoms with Crippen molar-refractivity contribution in [1.82, 2.24) is 5.48 Å². The minimum Gasteiger partial charge on any atom is -0.460 e. The lowest BCUT2D eigenvalue weighted by Gasteiger charge is -1.95. The van der Waals surface area contributed by atoms with Crippen LogP contribution in [-0.4, -0.2) is 7.11 Å². The molecular weight excluding hydrogens is 178 g/mol. The fourth-order valence-corrected chi connectivity index (χ4v) is 1.45. The van der Waals surface area contributed by atoms with Gasteiger partial charge in [-0.3, -0.25) is 0 Å². The van der Waals surface area contributed by atoms with Crippen LogP contribution in [0.15, 0.2) is 28.7 Å². The molecule has 1 aromatic heterocycles. The summed E-state index contributed by atoms with van der Waals surface area (Å²) in [6, 6.07) is 8.16. The van der Waals surface area contributed by atoms with Crippen molar-refractivity contribution in [3.8, 4) is 0 Å². The molecule has 0 unspecified atom stereocenters. The summed E-state index contributed by atoms with van der Waals surface area (Å²) in [6.45, 7) is 2.66. The third-order valence-electron chi connectivity index (χ3n) is 2.11. The fourth-order valence-electron chi connectivity index (χ4n) is 1.45. The van der Waals surface area contributed by atoms with Crippen LogP contribution in [0.4, 0.5) is 0 Å². The highest BCUT2D eigenvalue weighted by Crippen LogP contribution is 2.20. The first-order valence-corrected chi connectivity index (χ1v) is 4.54. The van der Waals surface area contributed by atoms with Crippen molar-refractivity contribution in [2.45, 2.75) is 13.5 Å². The normalized spacial score (nSPS) is 11.0. The minimum absolute atomic E-state index is 0.588. The van der Waals surface area contributed by atoms with E-state index < -0.39 is 0 Å². The van der Waals surface area contributed by atoms with E-state index in [1.807, 2.05) is 18.2 Å². The van der Waals surface area contributed by atoms with Gasteiger partial charge in [-0.05, 0) is 25.1 Å². The van der Waals surface area contributed by atoms with Crippen molar-refractivity contribution >= 4 is 11.0 Å². The van der Waals surface area contributed by atoms with Crippen LogP contribution in [-0.2, 0) is 11.4 Å². The SMILES string of the molecule is CONCc1cc2cc(C)ccc2o1. The summed E-state index contributed by atoms with van der Waals surface area (Å²) in [6.07, 6.45) is 0. The molecule has 0 aliphatic rings. The second-order valence-corrected chi connectivity index (χ2v) is 3.28. The third kappa shape index (κ3) is 1.78. The van der Waals surface area contributed by atoms with Gasteiger partial charge in [0, 0.05) is 5.39 Å². The highest BCUT2D eigenvalue weighted by Gasteiger charge is 2.02. The molecule has 0 radical (unpaired) electrons. The van der Waals surface area contributed by atoms with Crippen molar-refractivity contribution in [2.75, 3.05) is 7.11 Å². The monoisotopic (exact) mass is 191 g/mol. The molecule has 2 rings (SSSR count). The van der Waals surface area contributed by atoms with Gasteiger partial charge in [-0.25, -0.2) is 0 Å². The van der Waals surface area contributed by atoms with Gasteiger partial charge in [0.05, 0.1) is 13.7 Å². The van der Waals surface area contributed by atoms with Crippen LogP contribution in [0.2, 0.25) is 0 Å². The Bertz CT molecular complexity index is 434. The number of aryl methyl sites for hydroxylation is 1. The first-order valence-electron chi connectivity index (χ1n) is 4.54. The topological polar surface area (TPSA) is 34.4 Å². The van der Waals surface area contributed by atoms with Crippen LogP contribution in [0.25, 0.3) is 11.0 Å². The number of hydrogen-bond donors (Lipinski definition) is 1. The molecule has 3 heteroatoms. The molecule has 14 heavy (non-hydrogen) atoms. The van der Waals surface area contributed by atoms with Gasteiger partial charge in [0.15, 0.2) is 0 Å². The number of rotatable bonds is 3. The molecule has 1 aromatic carbocycles. The number of nitrogens with one attached hydrogen (secondary N) is 1. The smallest absolute Gasteiger partial charge is 0.134 e. The lowest BCUT2D eigenvalue weighted by Crippen LogP contribution is -2.09. The Balaban J connectivity index is 2.32. The van der Waals surface area contributed by atoms with E-state index in [1.54, 1.807) is 7.11 Å². The number of fused-ring (bicyclic) bond motifs is 1. The third-order valence-corrected chi connectivity index (χ3v) is 2.11. The molecule has 0 fully saturated rings. The molecule has 0 saturated heterocycles. The summed E-state index contributed by atoms with van der Waals surface area (Å²) in [4.78, 5) is 4.76. The quantitative estimate of drug-likeness (QED) is 0.756. The van der Waals surface area contributed by atoms with Gasteiger partial charge in [0.2, 0.25) is 0 Å². The number of furan rings is 1. The minimum atomic E-state index is 0.588. The highest BCUT2D eigenvalue weighted by molar-refractivity contribution is 5.78. The van der Waals surface area contributed by atoms with E-state index in [2.05, 4.69) is 18.5 Å². The lowest BCUT2D eigenvalue weighted by molar-refractivity contribution is 0.0822. The lowest BCUT2D eigenvalue weighted by atomic mass is 10.2. The molecule has 1 heterocycles. The largest absolute Gasteiger partial charge is 0.460 e. The molecule has 74 valence electrons. The summed E-state index contributed by atoms with van der Waals surface area (Å²) in [5.41, 5.74) is 4.91. The number of hydrogen-bond acceptors (Lipinski definition) is 3. The van der Waals surface area contributed by atoms with Gasteiger partial charge in [-0.15, -0.1) is 0 Å². The molecule has 0 bridgehead atoms. The molecular formula is C11H13NO2. The van der Waals surface area contributed by atoms with Crippen molar-refractivity contribution in [2.24, 2.45) is 0 Å². The number of benzene rings is 1. The van der Waals surface area contributed by atoms with Crippen LogP contribution in [0.3, 0.4) is 0 Å². The molecule has 0 aliphatic heterocycles. The molecule has 3 nitrogen and oxygen atoms in total. The summed E-state index contributed by atoms with van der Waals surface area (Å²) in [5.74, 6) is 0.882.